The molecule has 0 aromatic heterocycles. The van der Waals surface area contributed by atoms with Crippen molar-refractivity contribution >= 4 is 5.78 Å². The molecule has 1 nitrogen and oxygen atoms in total. The zero-order valence-electron chi connectivity index (χ0n) is 6.42. The molecule has 0 amide bonds. The highest BCUT2D eigenvalue weighted by atomic mass is 16.1. The molecule has 0 aliphatic rings. The summed E-state index contributed by atoms with van der Waals surface area (Å²) < 4.78 is 0. The van der Waals surface area contributed by atoms with Crippen molar-refractivity contribution in [1.82, 2.24) is 0 Å². The minimum atomic E-state index is 0.0146. The van der Waals surface area contributed by atoms with Crippen molar-refractivity contribution in [1.29, 1.82) is 0 Å². The Morgan fingerprint density at radius 1 is 1.40 bits per heavy atom. The van der Waals surface area contributed by atoms with Crippen molar-refractivity contribution in [3.63, 3.8) is 0 Å². The second kappa shape index (κ2) is 4.74. The highest BCUT2D eigenvalue weighted by molar-refractivity contribution is 5.95. The molecule has 0 aliphatic heterocycles. The molecular weight excluding hydrogens is 124 g/mol. The molecule has 0 aromatic rings. The molecule has 0 rings (SSSR count). The van der Waals surface area contributed by atoms with Crippen LogP contribution in [-0.4, -0.2) is 5.78 Å². The van der Waals surface area contributed by atoms with Crippen LogP contribution in [0.4, 0.5) is 0 Å². The van der Waals surface area contributed by atoms with Crippen LogP contribution in [0.5, 0.6) is 0 Å². The molecular formula is C9H12O. The van der Waals surface area contributed by atoms with Gasteiger partial charge in [0.05, 0.1) is 0 Å². The number of carbonyl (C=O) groups is 1. The fourth-order valence-electron chi connectivity index (χ4n) is 0.400. The molecule has 0 N–H and O–H groups in total. The van der Waals surface area contributed by atoms with Crippen molar-refractivity contribution in [2.24, 2.45) is 0 Å². The predicted octanol–water partition coefficient (Wildman–Crippen LogP) is 2.26. The van der Waals surface area contributed by atoms with E-state index in [0.29, 0.717) is 5.57 Å². The van der Waals surface area contributed by atoms with Crippen LogP contribution in [0.15, 0.2) is 36.5 Å². The number of hydrogen-bond donors (Lipinski definition) is 0. The van der Waals surface area contributed by atoms with Gasteiger partial charge in [0, 0.05) is 5.57 Å². The molecule has 0 saturated heterocycles. The van der Waals surface area contributed by atoms with Crippen LogP contribution in [0.1, 0.15) is 13.8 Å². The Labute approximate surface area is 61.8 Å². The summed E-state index contributed by atoms with van der Waals surface area (Å²) in [4.78, 5) is 10.6. The van der Waals surface area contributed by atoms with Crippen LogP contribution >= 0.6 is 0 Å². The monoisotopic (exact) mass is 136 g/mol. The molecule has 0 bridgehead atoms. The smallest absolute Gasteiger partial charge is 0.159 e. The van der Waals surface area contributed by atoms with E-state index in [1.54, 1.807) is 12.2 Å². The fourth-order valence-corrected chi connectivity index (χ4v) is 0.400. The minimum absolute atomic E-state index is 0.0146. The van der Waals surface area contributed by atoms with E-state index in [1.807, 2.05) is 19.1 Å². The van der Waals surface area contributed by atoms with E-state index < -0.39 is 0 Å². The first-order valence-electron chi connectivity index (χ1n) is 3.17. The van der Waals surface area contributed by atoms with Crippen LogP contribution in [-0.2, 0) is 4.79 Å². The number of Topliss-reactive ketones (excluding diaryl/α,β-unsaturated/α-hetero) is 1. The average molecular weight is 136 g/mol. The van der Waals surface area contributed by atoms with E-state index in [0.717, 1.165) is 0 Å². The Morgan fingerprint density at radius 2 is 2.00 bits per heavy atom. The number of rotatable bonds is 3. The van der Waals surface area contributed by atoms with Crippen LogP contribution < -0.4 is 0 Å². The summed E-state index contributed by atoms with van der Waals surface area (Å²) in [6, 6.07) is 0. The molecule has 0 unspecified atom stereocenters. The van der Waals surface area contributed by atoms with Gasteiger partial charge in [-0.15, -0.1) is 0 Å². The van der Waals surface area contributed by atoms with Gasteiger partial charge in [-0.05, 0) is 13.8 Å². The van der Waals surface area contributed by atoms with E-state index in [4.69, 9.17) is 0 Å². The van der Waals surface area contributed by atoms with Gasteiger partial charge < -0.3 is 0 Å². The highest BCUT2D eigenvalue weighted by Crippen LogP contribution is 1.93. The Bertz CT molecular complexity index is 185. The van der Waals surface area contributed by atoms with Crippen molar-refractivity contribution in [3.8, 4) is 0 Å². The Kier molecular flexibility index (Phi) is 4.21. The van der Waals surface area contributed by atoms with E-state index >= 15 is 0 Å². The predicted molar refractivity (Wildman–Crippen MR) is 43.8 cm³/mol. The van der Waals surface area contributed by atoms with Crippen molar-refractivity contribution in [2.75, 3.05) is 0 Å². The Morgan fingerprint density at radius 3 is 2.40 bits per heavy atom. The third-order valence-electron chi connectivity index (χ3n) is 1.05. The lowest BCUT2D eigenvalue weighted by molar-refractivity contribution is -0.113. The molecule has 0 aliphatic carbocycles. The summed E-state index contributed by atoms with van der Waals surface area (Å²) >= 11 is 0. The summed E-state index contributed by atoms with van der Waals surface area (Å²) in [7, 11) is 0. The molecule has 0 saturated carbocycles. The van der Waals surface area contributed by atoms with Gasteiger partial charge in [0.2, 0.25) is 0 Å². The number of ketones is 1. The van der Waals surface area contributed by atoms with Gasteiger partial charge in [0.25, 0.3) is 0 Å². The summed E-state index contributed by atoms with van der Waals surface area (Å²) in [5.74, 6) is 0.0146. The van der Waals surface area contributed by atoms with Gasteiger partial charge in [-0.2, -0.15) is 0 Å². The quantitative estimate of drug-likeness (QED) is 0.429. The van der Waals surface area contributed by atoms with Crippen LogP contribution in [0, 0.1) is 0 Å². The lowest BCUT2D eigenvalue weighted by Crippen LogP contribution is -1.89. The third-order valence-corrected chi connectivity index (χ3v) is 1.05. The van der Waals surface area contributed by atoms with E-state index in [2.05, 4.69) is 6.58 Å². The van der Waals surface area contributed by atoms with Gasteiger partial charge in [0.15, 0.2) is 5.78 Å². The van der Waals surface area contributed by atoms with Gasteiger partial charge in [-0.1, -0.05) is 30.9 Å². The maximum atomic E-state index is 10.6. The average Bonchev–Trinajstić information content (AvgIpc) is 1.88. The van der Waals surface area contributed by atoms with Crippen LogP contribution in [0.25, 0.3) is 0 Å². The molecule has 0 radical (unpaired) electrons. The molecule has 10 heavy (non-hydrogen) atoms. The first-order chi connectivity index (χ1) is 4.68. The summed E-state index contributed by atoms with van der Waals surface area (Å²) in [6.07, 6.45) is 7.24. The fraction of sp³-hybridized carbons (Fsp3) is 0.222. The van der Waals surface area contributed by atoms with E-state index in [1.165, 1.54) is 6.92 Å². The minimum Gasteiger partial charge on any atom is -0.295 e. The SMILES string of the molecule is C=C(/C=C\C=C/C)C(C)=O. The van der Waals surface area contributed by atoms with Gasteiger partial charge in [0.1, 0.15) is 0 Å². The van der Waals surface area contributed by atoms with Crippen LogP contribution in [0.3, 0.4) is 0 Å². The molecule has 0 aromatic carbocycles. The Balaban J connectivity index is 3.90. The second-order valence-corrected chi connectivity index (χ2v) is 1.97. The molecule has 0 fully saturated rings. The zero-order valence-corrected chi connectivity index (χ0v) is 6.42. The van der Waals surface area contributed by atoms with Crippen molar-refractivity contribution in [3.05, 3.63) is 36.5 Å². The maximum absolute atomic E-state index is 10.6. The lowest BCUT2D eigenvalue weighted by atomic mass is 10.2. The Hall–Kier alpha value is -1.11. The third kappa shape index (κ3) is 3.84. The van der Waals surface area contributed by atoms with Crippen molar-refractivity contribution in [2.45, 2.75) is 13.8 Å². The van der Waals surface area contributed by atoms with Gasteiger partial charge in [-0.25, -0.2) is 0 Å². The maximum Gasteiger partial charge on any atom is 0.159 e. The number of carbonyl (C=O) groups excluding carboxylic acids is 1. The van der Waals surface area contributed by atoms with E-state index in [9.17, 15) is 4.79 Å². The largest absolute Gasteiger partial charge is 0.295 e. The van der Waals surface area contributed by atoms with Gasteiger partial charge in [-0.3, -0.25) is 4.79 Å². The highest BCUT2D eigenvalue weighted by Gasteiger charge is 1.91. The van der Waals surface area contributed by atoms with E-state index in [-0.39, 0.29) is 5.78 Å². The first-order valence-corrected chi connectivity index (χ1v) is 3.17. The zero-order chi connectivity index (χ0) is 7.98. The topological polar surface area (TPSA) is 17.1 Å². The number of hydrogen-bond acceptors (Lipinski definition) is 1. The van der Waals surface area contributed by atoms with Gasteiger partial charge >= 0.3 is 0 Å². The summed E-state index contributed by atoms with van der Waals surface area (Å²) in [5.41, 5.74) is 0.540. The molecule has 54 valence electrons. The standard InChI is InChI=1S/C9H12O/c1-4-5-6-7-8(2)9(3)10/h4-7H,2H2,1,3H3/b5-4-,7-6-. The molecule has 1 heteroatoms. The molecule has 0 spiro atoms. The lowest BCUT2D eigenvalue weighted by Gasteiger charge is -1.86. The van der Waals surface area contributed by atoms with Crippen LogP contribution in [0.2, 0.25) is 0 Å². The molecule has 0 heterocycles. The van der Waals surface area contributed by atoms with Crippen molar-refractivity contribution < 1.29 is 4.79 Å². The summed E-state index contributed by atoms with van der Waals surface area (Å²) in [6.45, 7) is 6.98. The first kappa shape index (κ1) is 8.89. The molecule has 0 atom stereocenters. The number of allylic oxidation sites excluding steroid dienone is 5. The summed E-state index contributed by atoms with van der Waals surface area (Å²) in [5, 5.41) is 0. The normalized spacial score (nSPS) is 11.0. The second-order valence-electron chi connectivity index (χ2n) is 1.97.